The monoisotopic (exact) mass is 529 g/mol. The molecule has 1 amide bonds. The average molecular weight is 530 g/mol. The van der Waals surface area contributed by atoms with Crippen LogP contribution in [0.4, 0.5) is 0 Å². The highest BCUT2D eigenvalue weighted by Crippen LogP contribution is 2.52. The van der Waals surface area contributed by atoms with Crippen LogP contribution in [0.1, 0.15) is 74.5 Å². The minimum Gasteiger partial charge on any atom is -0.494 e. The predicted octanol–water partition coefficient (Wildman–Crippen LogP) is 5.13. The molecule has 1 saturated carbocycles. The van der Waals surface area contributed by atoms with Crippen LogP contribution in [-0.2, 0) is 11.2 Å². The highest BCUT2D eigenvalue weighted by atomic mass is 32.1. The summed E-state index contributed by atoms with van der Waals surface area (Å²) in [5.74, 6) is 0.0554. The first-order valence-electron chi connectivity index (χ1n) is 12.7. The van der Waals surface area contributed by atoms with Gasteiger partial charge in [-0.3, -0.25) is 14.6 Å². The molecule has 1 fully saturated rings. The van der Waals surface area contributed by atoms with Gasteiger partial charge in [-0.15, -0.1) is 11.3 Å². The minimum absolute atomic E-state index is 0.0328. The largest absolute Gasteiger partial charge is 0.494 e. The Balaban J connectivity index is 1.46. The first-order chi connectivity index (χ1) is 18.5. The van der Waals surface area contributed by atoms with E-state index in [1.807, 2.05) is 6.07 Å². The maximum atomic E-state index is 13.2. The summed E-state index contributed by atoms with van der Waals surface area (Å²) in [5, 5.41) is 3.59. The van der Waals surface area contributed by atoms with Crippen LogP contribution in [0.5, 0.6) is 5.75 Å². The van der Waals surface area contributed by atoms with Gasteiger partial charge in [0.05, 0.1) is 31.2 Å². The first-order valence-corrected chi connectivity index (χ1v) is 13.5. The molecule has 2 N–H and O–H groups in total. The first kappa shape index (κ1) is 24.4. The van der Waals surface area contributed by atoms with Crippen LogP contribution < -0.4 is 15.5 Å². The number of aryl methyl sites for hydroxylation is 1. The molecule has 4 aromatic rings. The number of H-pyrrole nitrogens is 1. The summed E-state index contributed by atoms with van der Waals surface area (Å²) in [5.41, 5.74) is 3.69. The van der Waals surface area contributed by atoms with E-state index in [9.17, 15) is 14.4 Å². The Bertz CT molecular complexity index is 1620. The number of carbonyl (C=O) groups excluding carboxylic acids is 2. The lowest BCUT2D eigenvalue weighted by Crippen LogP contribution is -2.30. The Morgan fingerprint density at radius 2 is 1.97 bits per heavy atom. The molecule has 6 rings (SSSR count). The van der Waals surface area contributed by atoms with Crippen LogP contribution in [0, 0.1) is 0 Å². The molecule has 194 valence electrons. The number of rotatable bonds is 6. The molecule has 0 bridgehead atoms. The summed E-state index contributed by atoms with van der Waals surface area (Å²) in [6.45, 7) is 0. The number of amides is 1. The topological polar surface area (TPSA) is 110 Å². The van der Waals surface area contributed by atoms with Crippen molar-refractivity contribution in [3.8, 4) is 16.2 Å². The van der Waals surface area contributed by atoms with Gasteiger partial charge in [0.15, 0.2) is 5.75 Å². The summed E-state index contributed by atoms with van der Waals surface area (Å²) in [7, 11) is 2.86. The van der Waals surface area contributed by atoms with E-state index in [1.165, 1.54) is 18.2 Å². The second-order valence-electron chi connectivity index (χ2n) is 9.72. The van der Waals surface area contributed by atoms with Gasteiger partial charge >= 0.3 is 5.97 Å². The number of hydrogen-bond acceptors (Lipinski definition) is 7. The molecule has 0 aliphatic heterocycles. The van der Waals surface area contributed by atoms with Crippen molar-refractivity contribution in [2.24, 2.45) is 0 Å². The predicted molar refractivity (Wildman–Crippen MR) is 145 cm³/mol. The number of ether oxygens (including phenoxy) is 2. The molecule has 3 aromatic heterocycles. The second kappa shape index (κ2) is 9.72. The Morgan fingerprint density at radius 3 is 2.68 bits per heavy atom. The van der Waals surface area contributed by atoms with Crippen molar-refractivity contribution in [3.63, 3.8) is 0 Å². The maximum Gasteiger partial charge on any atom is 0.343 e. The molecule has 2 aliphatic carbocycles. The number of esters is 1. The lowest BCUT2D eigenvalue weighted by molar-refractivity contribution is 0.0599. The number of pyridine rings is 2. The molecule has 9 heteroatoms. The number of nitrogens with zero attached hydrogens (tertiary/aromatic N) is 1. The van der Waals surface area contributed by atoms with Crippen molar-refractivity contribution in [2.45, 2.75) is 44.1 Å². The summed E-state index contributed by atoms with van der Waals surface area (Å²) in [4.78, 5) is 47.9. The Labute approximate surface area is 223 Å². The molecule has 0 saturated heterocycles. The molecule has 8 nitrogen and oxygen atoms in total. The highest BCUT2D eigenvalue weighted by Gasteiger charge is 2.33. The number of thiophene rings is 1. The number of fused-ring (bicyclic) bond motifs is 2. The van der Waals surface area contributed by atoms with Gasteiger partial charge in [0.2, 0.25) is 5.43 Å². The average Bonchev–Trinajstić information content (AvgIpc) is 3.70. The van der Waals surface area contributed by atoms with E-state index < -0.39 is 5.97 Å². The fourth-order valence-electron chi connectivity index (χ4n) is 5.35. The van der Waals surface area contributed by atoms with E-state index in [2.05, 4.69) is 21.4 Å². The molecule has 1 unspecified atom stereocenters. The number of aromatic amines is 1. The Morgan fingerprint density at radius 1 is 1.13 bits per heavy atom. The van der Waals surface area contributed by atoms with Crippen molar-refractivity contribution in [1.29, 1.82) is 0 Å². The van der Waals surface area contributed by atoms with Gasteiger partial charge in [-0.05, 0) is 73.4 Å². The molecular formula is C29H27N3O5S. The van der Waals surface area contributed by atoms with Crippen LogP contribution in [0.25, 0.3) is 21.3 Å². The van der Waals surface area contributed by atoms with Gasteiger partial charge in [-0.2, -0.15) is 0 Å². The van der Waals surface area contributed by atoms with Gasteiger partial charge in [0, 0.05) is 27.7 Å². The smallest absolute Gasteiger partial charge is 0.343 e. The summed E-state index contributed by atoms with van der Waals surface area (Å²) >= 11 is 1.72. The number of benzene rings is 1. The van der Waals surface area contributed by atoms with E-state index in [0.29, 0.717) is 28.3 Å². The van der Waals surface area contributed by atoms with Gasteiger partial charge in [-0.1, -0.05) is 6.07 Å². The van der Waals surface area contributed by atoms with Gasteiger partial charge in [-0.25, -0.2) is 4.79 Å². The summed E-state index contributed by atoms with van der Waals surface area (Å²) < 4.78 is 10.7. The van der Waals surface area contributed by atoms with Crippen LogP contribution in [0.2, 0.25) is 0 Å². The minimum atomic E-state index is -0.672. The molecule has 1 atom stereocenters. The fraction of sp³-hybridized carbons (Fsp3) is 0.310. The Hall–Kier alpha value is -3.98. The van der Waals surface area contributed by atoms with Gasteiger partial charge in [0.25, 0.3) is 5.91 Å². The van der Waals surface area contributed by atoms with E-state index >= 15 is 0 Å². The molecular weight excluding hydrogens is 502 g/mol. The molecule has 38 heavy (non-hydrogen) atoms. The quantitative estimate of drug-likeness (QED) is 0.335. The molecule has 0 radical (unpaired) electrons. The highest BCUT2D eigenvalue weighted by molar-refractivity contribution is 7.15. The SMILES string of the molecule is COC(=O)c1c[nH]c2c(OC)c(-c3cc4c(s3)CCCC4NC(=O)c3ccccn3)c(C3CC3)cc2c1=O. The van der Waals surface area contributed by atoms with Crippen LogP contribution >= 0.6 is 11.3 Å². The molecule has 3 heterocycles. The maximum absolute atomic E-state index is 13.2. The molecule has 0 spiro atoms. The van der Waals surface area contributed by atoms with E-state index in [1.54, 1.807) is 42.8 Å². The normalized spacial score (nSPS) is 16.6. The van der Waals surface area contributed by atoms with Crippen molar-refractivity contribution >= 4 is 34.1 Å². The van der Waals surface area contributed by atoms with E-state index in [0.717, 1.165) is 53.7 Å². The fourth-order valence-corrected chi connectivity index (χ4v) is 6.68. The number of carbonyl (C=O) groups is 2. The van der Waals surface area contributed by atoms with Crippen molar-refractivity contribution < 1.29 is 19.1 Å². The zero-order chi connectivity index (χ0) is 26.4. The molecule has 2 aliphatic rings. The van der Waals surface area contributed by atoms with E-state index in [-0.39, 0.29) is 22.9 Å². The zero-order valence-electron chi connectivity index (χ0n) is 21.1. The van der Waals surface area contributed by atoms with Crippen LogP contribution in [-0.4, -0.2) is 36.1 Å². The second-order valence-corrected chi connectivity index (χ2v) is 10.9. The van der Waals surface area contributed by atoms with E-state index in [4.69, 9.17) is 9.47 Å². The van der Waals surface area contributed by atoms with Crippen LogP contribution in [0.3, 0.4) is 0 Å². The third-order valence-corrected chi connectivity index (χ3v) is 8.58. The van der Waals surface area contributed by atoms with Gasteiger partial charge in [0.1, 0.15) is 11.3 Å². The number of hydrogen-bond donors (Lipinski definition) is 2. The lowest BCUT2D eigenvalue weighted by atomic mass is 9.92. The zero-order valence-corrected chi connectivity index (χ0v) is 21.9. The van der Waals surface area contributed by atoms with Crippen molar-refractivity contribution in [2.75, 3.05) is 14.2 Å². The van der Waals surface area contributed by atoms with Crippen molar-refractivity contribution in [3.05, 3.63) is 80.2 Å². The standard InChI is InChI=1S/C29H27N3O5S/c1-36-27-24(16(15-9-10-15)12-18-25(27)31-14-19(26(18)33)29(35)37-2)23-13-17-20(7-5-8-22(17)38-23)32-28(34)21-6-3-4-11-30-21/h3-4,6,11-15,20H,5,7-10H2,1-2H3,(H,31,33)(H,32,34). The number of aromatic nitrogens is 2. The summed E-state index contributed by atoms with van der Waals surface area (Å²) in [6.07, 6.45) is 7.86. The lowest BCUT2D eigenvalue weighted by Gasteiger charge is -2.23. The van der Waals surface area contributed by atoms with Crippen molar-refractivity contribution in [1.82, 2.24) is 15.3 Å². The molecule has 1 aromatic carbocycles. The summed E-state index contributed by atoms with van der Waals surface area (Å²) in [6, 6.07) is 9.29. The van der Waals surface area contributed by atoms with Gasteiger partial charge < -0.3 is 19.8 Å². The Kier molecular flexibility index (Phi) is 6.23. The third-order valence-electron chi connectivity index (χ3n) is 7.35. The number of nitrogens with one attached hydrogen (secondary N) is 2. The van der Waals surface area contributed by atoms with Crippen LogP contribution in [0.15, 0.2) is 47.5 Å². The third kappa shape index (κ3) is 4.16. The number of methoxy groups -OCH3 is 2.